The van der Waals surface area contributed by atoms with Crippen LogP contribution in [0.25, 0.3) is 0 Å². The van der Waals surface area contributed by atoms with Crippen LogP contribution in [0, 0.1) is 5.92 Å². The van der Waals surface area contributed by atoms with Crippen LogP contribution in [0.3, 0.4) is 0 Å². The summed E-state index contributed by atoms with van der Waals surface area (Å²) >= 11 is 4.30. The molecule has 0 aliphatic rings. The van der Waals surface area contributed by atoms with Gasteiger partial charge in [-0.15, -0.1) is 0 Å². The highest BCUT2D eigenvalue weighted by atomic mass is 32.1. The summed E-state index contributed by atoms with van der Waals surface area (Å²) in [6.45, 7) is 4.49. The van der Waals surface area contributed by atoms with E-state index in [1.165, 1.54) is 11.1 Å². The number of hydrogen-bond acceptors (Lipinski definition) is 1. The second kappa shape index (κ2) is 4.56. The summed E-state index contributed by atoms with van der Waals surface area (Å²) in [5.74, 6) is 1.58. The molecule has 1 rings (SSSR count). The van der Waals surface area contributed by atoms with E-state index in [-0.39, 0.29) is 0 Å². The third kappa shape index (κ3) is 2.56. The maximum Gasteiger partial charge on any atom is 0.0157 e. The Labute approximate surface area is 80.4 Å². The molecular formula is C11H16S. The van der Waals surface area contributed by atoms with Crippen molar-refractivity contribution < 1.29 is 0 Å². The third-order valence-corrected chi connectivity index (χ3v) is 2.26. The van der Waals surface area contributed by atoms with Gasteiger partial charge in [-0.3, -0.25) is 0 Å². The normalized spacial score (nSPS) is 10.7. The molecule has 0 N–H and O–H groups in total. The first kappa shape index (κ1) is 9.66. The van der Waals surface area contributed by atoms with Crippen molar-refractivity contribution in [3.05, 3.63) is 35.4 Å². The van der Waals surface area contributed by atoms with Gasteiger partial charge in [0.2, 0.25) is 0 Å². The highest BCUT2D eigenvalue weighted by Gasteiger charge is 2.01. The molecule has 0 nitrogen and oxygen atoms in total. The van der Waals surface area contributed by atoms with Crippen molar-refractivity contribution in [1.29, 1.82) is 0 Å². The van der Waals surface area contributed by atoms with Crippen LogP contribution in [0.15, 0.2) is 24.3 Å². The van der Waals surface area contributed by atoms with E-state index in [9.17, 15) is 0 Å². The first-order valence-corrected chi connectivity index (χ1v) is 5.05. The minimum atomic E-state index is 0.728. The van der Waals surface area contributed by atoms with Gasteiger partial charge >= 0.3 is 0 Å². The summed E-state index contributed by atoms with van der Waals surface area (Å²) in [5, 5.41) is 0. The molecule has 0 radical (unpaired) electrons. The van der Waals surface area contributed by atoms with Gasteiger partial charge in [-0.25, -0.2) is 0 Å². The molecule has 0 bridgehead atoms. The molecule has 1 aromatic rings. The first-order chi connectivity index (χ1) is 5.74. The van der Waals surface area contributed by atoms with Gasteiger partial charge in [-0.1, -0.05) is 38.1 Å². The summed E-state index contributed by atoms with van der Waals surface area (Å²) in [6.07, 6.45) is 1.16. The zero-order chi connectivity index (χ0) is 8.97. The topological polar surface area (TPSA) is 0 Å². The van der Waals surface area contributed by atoms with Crippen molar-refractivity contribution in [1.82, 2.24) is 0 Å². The van der Waals surface area contributed by atoms with Crippen molar-refractivity contribution in [2.75, 3.05) is 0 Å². The van der Waals surface area contributed by atoms with Gasteiger partial charge in [0, 0.05) is 5.75 Å². The van der Waals surface area contributed by atoms with Gasteiger partial charge in [0.05, 0.1) is 0 Å². The molecule has 0 aromatic heterocycles. The number of benzene rings is 1. The largest absolute Gasteiger partial charge is 0.175 e. The van der Waals surface area contributed by atoms with Crippen LogP contribution >= 0.6 is 12.6 Å². The molecule has 66 valence electrons. The Morgan fingerprint density at radius 1 is 1.17 bits per heavy atom. The monoisotopic (exact) mass is 180 g/mol. The molecule has 0 aliphatic carbocycles. The lowest BCUT2D eigenvalue weighted by molar-refractivity contribution is 0.644. The van der Waals surface area contributed by atoms with E-state index >= 15 is 0 Å². The van der Waals surface area contributed by atoms with E-state index in [0.717, 1.165) is 18.1 Å². The average molecular weight is 180 g/mol. The molecule has 0 spiro atoms. The van der Waals surface area contributed by atoms with Crippen molar-refractivity contribution in [3.63, 3.8) is 0 Å². The zero-order valence-corrected chi connectivity index (χ0v) is 8.64. The van der Waals surface area contributed by atoms with Crippen LogP contribution in [0.1, 0.15) is 25.0 Å². The molecule has 0 amide bonds. The SMILES string of the molecule is CC(C)Cc1ccccc1CS. The van der Waals surface area contributed by atoms with E-state index in [1.807, 2.05) is 0 Å². The second-order valence-corrected chi connectivity index (χ2v) is 3.84. The Balaban J connectivity index is 2.82. The molecule has 0 aliphatic heterocycles. The minimum Gasteiger partial charge on any atom is -0.175 e. The molecule has 0 atom stereocenters. The van der Waals surface area contributed by atoms with Gasteiger partial charge in [0.1, 0.15) is 0 Å². The van der Waals surface area contributed by atoms with Crippen LogP contribution in [-0.2, 0) is 12.2 Å². The van der Waals surface area contributed by atoms with E-state index < -0.39 is 0 Å². The number of hydrogen-bond donors (Lipinski definition) is 1. The second-order valence-electron chi connectivity index (χ2n) is 3.52. The van der Waals surface area contributed by atoms with Crippen molar-refractivity contribution in [2.24, 2.45) is 5.92 Å². The third-order valence-electron chi connectivity index (χ3n) is 1.92. The minimum absolute atomic E-state index is 0.728. The number of thiol groups is 1. The first-order valence-electron chi connectivity index (χ1n) is 4.41. The quantitative estimate of drug-likeness (QED) is 0.678. The Morgan fingerprint density at radius 3 is 2.25 bits per heavy atom. The summed E-state index contributed by atoms with van der Waals surface area (Å²) in [7, 11) is 0. The predicted octanol–water partition coefficient (Wildman–Crippen LogP) is 3.31. The lowest BCUT2D eigenvalue weighted by Crippen LogP contribution is -1.97. The smallest absolute Gasteiger partial charge is 0.0157 e. The maximum atomic E-state index is 4.30. The molecule has 0 unspecified atom stereocenters. The Hall–Kier alpha value is -0.430. The van der Waals surface area contributed by atoms with Crippen LogP contribution in [0.4, 0.5) is 0 Å². The van der Waals surface area contributed by atoms with Gasteiger partial charge in [-0.05, 0) is 23.5 Å². The fourth-order valence-electron chi connectivity index (χ4n) is 1.35. The van der Waals surface area contributed by atoms with Crippen LogP contribution in [0.2, 0.25) is 0 Å². The highest BCUT2D eigenvalue weighted by molar-refractivity contribution is 7.79. The van der Waals surface area contributed by atoms with Gasteiger partial charge in [0.15, 0.2) is 0 Å². The summed E-state index contributed by atoms with van der Waals surface area (Å²) < 4.78 is 0. The van der Waals surface area contributed by atoms with Crippen molar-refractivity contribution >= 4 is 12.6 Å². The van der Waals surface area contributed by atoms with E-state index in [2.05, 4.69) is 50.7 Å². The maximum absolute atomic E-state index is 4.30. The lowest BCUT2D eigenvalue weighted by atomic mass is 9.99. The molecule has 0 heterocycles. The molecule has 0 saturated heterocycles. The van der Waals surface area contributed by atoms with E-state index in [1.54, 1.807) is 0 Å². The molecule has 1 aromatic carbocycles. The van der Waals surface area contributed by atoms with Crippen molar-refractivity contribution in [2.45, 2.75) is 26.0 Å². The zero-order valence-electron chi connectivity index (χ0n) is 7.75. The molecule has 0 fully saturated rings. The van der Waals surface area contributed by atoms with Gasteiger partial charge < -0.3 is 0 Å². The summed E-state index contributed by atoms with van der Waals surface area (Å²) in [4.78, 5) is 0. The fourth-order valence-corrected chi connectivity index (χ4v) is 1.66. The van der Waals surface area contributed by atoms with Gasteiger partial charge in [0.25, 0.3) is 0 Å². The summed E-state index contributed by atoms with van der Waals surface area (Å²) in [6, 6.07) is 8.54. The summed E-state index contributed by atoms with van der Waals surface area (Å²) in [5.41, 5.74) is 2.82. The molecular weight excluding hydrogens is 164 g/mol. The lowest BCUT2D eigenvalue weighted by Gasteiger charge is -2.08. The molecule has 0 saturated carbocycles. The fraction of sp³-hybridized carbons (Fsp3) is 0.455. The molecule has 12 heavy (non-hydrogen) atoms. The van der Waals surface area contributed by atoms with E-state index in [4.69, 9.17) is 0 Å². The van der Waals surface area contributed by atoms with Crippen LogP contribution in [-0.4, -0.2) is 0 Å². The highest BCUT2D eigenvalue weighted by Crippen LogP contribution is 2.15. The molecule has 1 heteroatoms. The van der Waals surface area contributed by atoms with Gasteiger partial charge in [-0.2, -0.15) is 12.6 Å². The standard InChI is InChI=1S/C11H16S/c1-9(2)7-10-5-3-4-6-11(10)8-12/h3-6,9,12H,7-8H2,1-2H3. The average Bonchev–Trinajstić information content (AvgIpc) is 2.04. The van der Waals surface area contributed by atoms with Crippen LogP contribution < -0.4 is 0 Å². The van der Waals surface area contributed by atoms with Crippen LogP contribution in [0.5, 0.6) is 0 Å². The Bertz CT molecular complexity index is 241. The Kier molecular flexibility index (Phi) is 3.67. The van der Waals surface area contributed by atoms with E-state index in [0.29, 0.717) is 0 Å². The Morgan fingerprint density at radius 2 is 1.75 bits per heavy atom. The number of rotatable bonds is 3. The van der Waals surface area contributed by atoms with Crippen molar-refractivity contribution in [3.8, 4) is 0 Å². The predicted molar refractivity (Wildman–Crippen MR) is 57.7 cm³/mol.